The maximum absolute atomic E-state index is 11.4. The summed E-state index contributed by atoms with van der Waals surface area (Å²) >= 11 is 0. The molecule has 0 saturated heterocycles. The third-order valence-corrected chi connectivity index (χ3v) is 3.02. The van der Waals surface area contributed by atoms with Gasteiger partial charge in [0.05, 0.1) is 6.61 Å². The summed E-state index contributed by atoms with van der Waals surface area (Å²) in [5.74, 6) is -1.39. The van der Waals surface area contributed by atoms with Crippen LogP contribution in [0.15, 0.2) is 0 Å². The van der Waals surface area contributed by atoms with Crippen LogP contribution in [0.3, 0.4) is 0 Å². The Kier molecular flexibility index (Phi) is 3.72. The van der Waals surface area contributed by atoms with Crippen LogP contribution in [0.4, 0.5) is 0 Å². The molecule has 0 aromatic carbocycles. The molecule has 4 nitrogen and oxygen atoms in total. The first-order chi connectivity index (χ1) is 6.97. The van der Waals surface area contributed by atoms with Crippen molar-refractivity contribution in [2.45, 2.75) is 46.1 Å². The van der Waals surface area contributed by atoms with Crippen LogP contribution in [0.1, 0.15) is 40.0 Å². The Balaban J connectivity index is 2.48. The lowest BCUT2D eigenvalue weighted by Crippen LogP contribution is -2.45. The molecule has 0 radical (unpaired) electrons. The molecule has 1 aliphatic carbocycles. The van der Waals surface area contributed by atoms with E-state index in [0.29, 0.717) is 0 Å². The lowest BCUT2D eigenvalue weighted by atomic mass is 9.87. The van der Waals surface area contributed by atoms with E-state index in [1.165, 1.54) is 0 Å². The fourth-order valence-corrected chi connectivity index (χ4v) is 2.01. The number of nitrogens with one attached hydrogen (secondary N) is 1. The van der Waals surface area contributed by atoms with Crippen molar-refractivity contribution >= 4 is 11.9 Å². The van der Waals surface area contributed by atoms with Crippen LogP contribution >= 0.6 is 0 Å². The Hall–Kier alpha value is -1.06. The molecule has 15 heavy (non-hydrogen) atoms. The first kappa shape index (κ1) is 12.0. The fraction of sp³-hybridized carbons (Fsp3) is 0.818. The van der Waals surface area contributed by atoms with Crippen LogP contribution < -0.4 is 5.32 Å². The summed E-state index contributed by atoms with van der Waals surface area (Å²) in [6.07, 6.45) is 3.12. The van der Waals surface area contributed by atoms with Gasteiger partial charge in [-0.1, -0.05) is 20.3 Å². The molecule has 0 aromatic rings. The first-order valence-corrected chi connectivity index (χ1v) is 5.45. The standard InChI is InChI=1S/C11H19NO3/c1-4-15-10(14)9(13)12-8-6-5-7-11(8,2)3/h8H,4-7H2,1-3H3,(H,12,13). The molecule has 0 heterocycles. The lowest BCUT2D eigenvalue weighted by Gasteiger charge is -2.27. The van der Waals surface area contributed by atoms with Gasteiger partial charge in [0.15, 0.2) is 0 Å². The second-order valence-corrected chi connectivity index (χ2v) is 4.63. The Morgan fingerprint density at radius 3 is 2.60 bits per heavy atom. The van der Waals surface area contributed by atoms with E-state index in [9.17, 15) is 9.59 Å². The van der Waals surface area contributed by atoms with E-state index in [-0.39, 0.29) is 18.1 Å². The summed E-state index contributed by atoms with van der Waals surface area (Å²) in [6.45, 7) is 6.14. The number of carbonyl (C=O) groups excluding carboxylic acids is 2. The SMILES string of the molecule is CCOC(=O)C(=O)NC1CCCC1(C)C. The highest BCUT2D eigenvalue weighted by molar-refractivity contribution is 6.32. The summed E-state index contributed by atoms with van der Waals surface area (Å²) in [6, 6.07) is 0.0920. The van der Waals surface area contributed by atoms with Crippen LogP contribution in [0.2, 0.25) is 0 Å². The van der Waals surface area contributed by atoms with Gasteiger partial charge in [0.1, 0.15) is 0 Å². The van der Waals surface area contributed by atoms with Gasteiger partial charge < -0.3 is 10.1 Å². The van der Waals surface area contributed by atoms with Crippen molar-refractivity contribution in [3.63, 3.8) is 0 Å². The number of hydrogen-bond donors (Lipinski definition) is 1. The lowest BCUT2D eigenvalue weighted by molar-refractivity contribution is -0.155. The largest absolute Gasteiger partial charge is 0.459 e. The summed E-state index contributed by atoms with van der Waals surface area (Å²) < 4.78 is 4.63. The van der Waals surface area contributed by atoms with E-state index in [4.69, 9.17) is 0 Å². The average molecular weight is 213 g/mol. The predicted molar refractivity (Wildman–Crippen MR) is 56.2 cm³/mol. The second-order valence-electron chi connectivity index (χ2n) is 4.63. The van der Waals surface area contributed by atoms with Crippen LogP contribution in [-0.2, 0) is 14.3 Å². The van der Waals surface area contributed by atoms with Crippen LogP contribution in [0.5, 0.6) is 0 Å². The van der Waals surface area contributed by atoms with E-state index in [1.54, 1.807) is 6.92 Å². The molecular formula is C11H19NO3. The predicted octanol–water partition coefficient (Wildman–Crippen LogP) is 1.24. The van der Waals surface area contributed by atoms with Gasteiger partial charge in [0.25, 0.3) is 0 Å². The van der Waals surface area contributed by atoms with Gasteiger partial charge in [0.2, 0.25) is 0 Å². The molecule has 1 rings (SSSR count). The molecule has 1 N–H and O–H groups in total. The average Bonchev–Trinajstić information content (AvgIpc) is 2.46. The number of ether oxygens (including phenoxy) is 1. The van der Waals surface area contributed by atoms with Gasteiger partial charge in [0, 0.05) is 6.04 Å². The molecular weight excluding hydrogens is 194 g/mol. The first-order valence-electron chi connectivity index (χ1n) is 5.45. The minimum Gasteiger partial charge on any atom is -0.459 e. The smallest absolute Gasteiger partial charge is 0.396 e. The third-order valence-electron chi connectivity index (χ3n) is 3.02. The molecule has 0 bridgehead atoms. The third kappa shape index (κ3) is 2.94. The van der Waals surface area contributed by atoms with Crippen molar-refractivity contribution in [3.8, 4) is 0 Å². The summed E-state index contributed by atoms with van der Waals surface area (Å²) in [5, 5.41) is 2.74. The van der Waals surface area contributed by atoms with Gasteiger partial charge in [-0.15, -0.1) is 0 Å². The van der Waals surface area contributed by atoms with Gasteiger partial charge in [-0.05, 0) is 25.2 Å². The van der Waals surface area contributed by atoms with Gasteiger partial charge in [-0.2, -0.15) is 0 Å². The fourth-order valence-electron chi connectivity index (χ4n) is 2.01. The molecule has 86 valence electrons. The molecule has 1 fully saturated rings. The Bertz CT molecular complexity index is 261. The highest BCUT2D eigenvalue weighted by Crippen LogP contribution is 2.37. The van der Waals surface area contributed by atoms with Gasteiger partial charge >= 0.3 is 11.9 Å². The minimum absolute atomic E-state index is 0.0855. The molecule has 1 unspecified atom stereocenters. The molecule has 0 aromatic heterocycles. The molecule has 4 heteroatoms. The minimum atomic E-state index is -0.778. The summed E-state index contributed by atoms with van der Waals surface area (Å²) in [4.78, 5) is 22.5. The maximum Gasteiger partial charge on any atom is 0.396 e. The van der Waals surface area contributed by atoms with E-state index in [1.807, 2.05) is 0 Å². The van der Waals surface area contributed by atoms with E-state index in [0.717, 1.165) is 19.3 Å². The quantitative estimate of drug-likeness (QED) is 0.554. The van der Waals surface area contributed by atoms with Crippen molar-refractivity contribution in [3.05, 3.63) is 0 Å². The Morgan fingerprint density at radius 1 is 1.47 bits per heavy atom. The van der Waals surface area contributed by atoms with Crippen LogP contribution in [-0.4, -0.2) is 24.5 Å². The Labute approximate surface area is 90.4 Å². The van der Waals surface area contributed by atoms with E-state index in [2.05, 4.69) is 23.9 Å². The zero-order valence-electron chi connectivity index (χ0n) is 9.63. The van der Waals surface area contributed by atoms with Crippen LogP contribution in [0, 0.1) is 5.41 Å². The monoisotopic (exact) mass is 213 g/mol. The summed E-state index contributed by atoms with van der Waals surface area (Å²) in [5.41, 5.74) is 0.0855. The highest BCUT2D eigenvalue weighted by Gasteiger charge is 2.36. The molecule has 0 aliphatic heterocycles. The molecule has 1 amide bonds. The van der Waals surface area contributed by atoms with Crippen molar-refractivity contribution < 1.29 is 14.3 Å². The zero-order chi connectivity index (χ0) is 11.5. The van der Waals surface area contributed by atoms with Crippen molar-refractivity contribution in [1.82, 2.24) is 5.32 Å². The normalized spacial score (nSPS) is 23.5. The number of esters is 1. The van der Waals surface area contributed by atoms with E-state index >= 15 is 0 Å². The molecule has 1 atom stereocenters. The number of rotatable bonds is 2. The van der Waals surface area contributed by atoms with Gasteiger partial charge in [-0.25, -0.2) is 4.79 Å². The van der Waals surface area contributed by atoms with Crippen LogP contribution in [0.25, 0.3) is 0 Å². The Morgan fingerprint density at radius 2 is 2.13 bits per heavy atom. The topological polar surface area (TPSA) is 55.4 Å². The zero-order valence-corrected chi connectivity index (χ0v) is 9.63. The molecule has 1 aliphatic rings. The highest BCUT2D eigenvalue weighted by atomic mass is 16.5. The van der Waals surface area contributed by atoms with Crippen molar-refractivity contribution in [1.29, 1.82) is 0 Å². The van der Waals surface area contributed by atoms with Gasteiger partial charge in [-0.3, -0.25) is 4.79 Å². The number of carbonyl (C=O) groups is 2. The molecule has 1 saturated carbocycles. The number of hydrogen-bond acceptors (Lipinski definition) is 3. The van der Waals surface area contributed by atoms with Crippen molar-refractivity contribution in [2.75, 3.05) is 6.61 Å². The second kappa shape index (κ2) is 4.64. The molecule has 0 spiro atoms. The summed E-state index contributed by atoms with van der Waals surface area (Å²) in [7, 11) is 0. The van der Waals surface area contributed by atoms with E-state index < -0.39 is 11.9 Å². The van der Waals surface area contributed by atoms with Crippen molar-refractivity contribution in [2.24, 2.45) is 5.41 Å². The maximum atomic E-state index is 11.4. The number of amides is 1.